The van der Waals surface area contributed by atoms with Crippen LogP contribution >= 0.6 is 11.3 Å². The molecule has 5 heteroatoms. The molecule has 0 spiro atoms. The highest BCUT2D eigenvalue weighted by molar-refractivity contribution is 7.18. The number of piperidine rings is 1. The van der Waals surface area contributed by atoms with Crippen LogP contribution in [0.5, 0.6) is 0 Å². The molecule has 3 aromatic rings. The van der Waals surface area contributed by atoms with Gasteiger partial charge >= 0.3 is 0 Å². The van der Waals surface area contributed by atoms with Crippen LogP contribution in [-0.4, -0.2) is 23.1 Å². The number of benzene rings is 1. The zero-order chi connectivity index (χ0) is 16.5. The fraction of sp³-hybridized carbons (Fsp3) is 0.368. The number of anilines is 3. The second-order valence-corrected chi connectivity index (χ2v) is 7.61. The number of nitrogens with one attached hydrogen (secondary N) is 1. The van der Waals surface area contributed by atoms with Crippen LogP contribution in [0, 0.1) is 13.8 Å². The summed E-state index contributed by atoms with van der Waals surface area (Å²) < 4.78 is 0. The molecule has 4 nitrogen and oxygen atoms in total. The lowest BCUT2D eigenvalue weighted by Gasteiger charge is -2.28. The van der Waals surface area contributed by atoms with Crippen LogP contribution < -0.4 is 10.2 Å². The van der Waals surface area contributed by atoms with Crippen molar-refractivity contribution in [2.24, 2.45) is 0 Å². The van der Waals surface area contributed by atoms with E-state index in [1.807, 2.05) is 0 Å². The van der Waals surface area contributed by atoms with Gasteiger partial charge in [0.05, 0.1) is 5.39 Å². The fourth-order valence-electron chi connectivity index (χ4n) is 3.32. The summed E-state index contributed by atoms with van der Waals surface area (Å²) in [6, 6.07) is 8.70. The minimum Gasteiger partial charge on any atom is -0.372 e. The molecule has 0 saturated carbocycles. The molecule has 1 aromatic carbocycles. The molecular weight excluding hydrogens is 316 g/mol. The van der Waals surface area contributed by atoms with Gasteiger partial charge in [0.25, 0.3) is 0 Å². The second kappa shape index (κ2) is 6.40. The molecular formula is C19H22N4S. The summed E-state index contributed by atoms with van der Waals surface area (Å²) in [4.78, 5) is 13.7. The highest BCUT2D eigenvalue weighted by atomic mass is 32.1. The van der Waals surface area contributed by atoms with Crippen LogP contribution in [0.4, 0.5) is 17.2 Å². The van der Waals surface area contributed by atoms with Crippen LogP contribution in [0.25, 0.3) is 10.2 Å². The van der Waals surface area contributed by atoms with Crippen molar-refractivity contribution < 1.29 is 0 Å². The Labute approximate surface area is 146 Å². The molecule has 24 heavy (non-hydrogen) atoms. The van der Waals surface area contributed by atoms with Gasteiger partial charge in [0.15, 0.2) is 0 Å². The highest BCUT2D eigenvalue weighted by Gasteiger charge is 2.13. The van der Waals surface area contributed by atoms with Crippen molar-refractivity contribution in [1.82, 2.24) is 9.97 Å². The summed E-state index contributed by atoms with van der Waals surface area (Å²) in [6.07, 6.45) is 5.60. The average Bonchev–Trinajstić information content (AvgIpc) is 2.92. The van der Waals surface area contributed by atoms with E-state index in [1.54, 1.807) is 17.7 Å². The first-order valence-corrected chi connectivity index (χ1v) is 9.37. The maximum Gasteiger partial charge on any atom is 0.142 e. The molecule has 0 radical (unpaired) electrons. The van der Waals surface area contributed by atoms with Crippen molar-refractivity contribution in [2.75, 3.05) is 23.3 Å². The Balaban J connectivity index is 1.59. The predicted octanol–water partition coefficient (Wildman–Crippen LogP) is 5.04. The quantitative estimate of drug-likeness (QED) is 0.726. The van der Waals surface area contributed by atoms with Crippen LogP contribution in [0.3, 0.4) is 0 Å². The van der Waals surface area contributed by atoms with Gasteiger partial charge in [0.2, 0.25) is 0 Å². The van der Waals surface area contributed by atoms with E-state index < -0.39 is 0 Å². The first kappa shape index (κ1) is 15.4. The molecule has 0 aliphatic carbocycles. The molecule has 124 valence electrons. The van der Waals surface area contributed by atoms with Gasteiger partial charge in [0, 0.05) is 29.3 Å². The normalized spacial score (nSPS) is 15.0. The van der Waals surface area contributed by atoms with E-state index in [2.05, 4.69) is 58.3 Å². The Morgan fingerprint density at radius 2 is 1.75 bits per heavy atom. The van der Waals surface area contributed by atoms with E-state index in [-0.39, 0.29) is 0 Å². The SMILES string of the molecule is Cc1sc2ncnc(Nc3ccc(N4CCCCC4)cc3)c2c1C. The van der Waals surface area contributed by atoms with Crippen molar-refractivity contribution >= 4 is 38.7 Å². The third-order valence-electron chi connectivity index (χ3n) is 4.82. The number of nitrogens with zero attached hydrogens (tertiary/aromatic N) is 3. The van der Waals surface area contributed by atoms with E-state index in [0.29, 0.717) is 0 Å². The third-order valence-corrected chi connectivity index (χ3v) is 5.93. The van der Waals surface area contributed by atoms with Crippen LogP contribution in [0.1, 0.15) is 29.7 Å². The molecule has 3 heterocycles. The molecule has 1 fully saturated rings. The number of thiophene rings is 1. The summed E-state index contributed by atoms with van der Waals surface area (Å²) in [6.45, 7) is 6.63. The van der Waals surface area contributed by atoms with Crippen molar-refractivity contribution in [3.63, 3.8) is 0 Å². The van der Waals surface area contributed by atoms with Crippen molar-refractivity contribution in [3.8, 4) is 0 Å². The van der Waals surface area contributed by atoms with Crippen LogP contribution in [0.15, 0.2) is 30.6 Å². The minimum absolute atomic E-state index is 0.896. The number of fused-ring (bicyclic) bond motifs is 1. The molecule has 0 bridgehead atoms. The van der Waals surface area contributed by atoms with E-state index in [9.17, 15) is 0 Å². The maximum absolute atomic E-state index is 4.46. The van der Waals surface area contributed by atoms with Gasteiger partial charge in [-0.2, -0.15) is 0 Å². The number of hydrogen-bond acceptors (Lipinski definition) is 5. The van der Waals surface area contributed by atoms with Gasteiger partial charge in [-0.25, -0.2) is 9.97 Å². The molecule has 1 saturated heterocycles. The summed E-state index contributed by atoms with van der Waals surface area (Å²) in [5.41, 5.74) is 3.65. The predicted molar refractivity (Wildman–Crippen MR) is 103 cm³/mol. The fourth-order valence-corrected chi connectivity index (χ4v) is 4.32. The Morgan fingerprint density at radius 3 is 2.50 bits per heavy atom. The van der Waals surface area contributed by atoms with Crippen LogP contribution in [-0.2, 0) is 0 Å². The van der Waals surface area contributed by atoms with Gasteiger partial charge in [0.1, 0.15) is 17.0 Å². The van der Waals surface area contributed by atoms with Crippen LogP contribution in [0.2, 0.25) is 0 Å². The zero-order valence-electron chi connectivity index (χ0n) is 14.2. The van der Waals surface area contributed by atoms with E-state index in [0.717, 1.165) is 21.7 Å². The van der Waals surface area contributed by atoms with E-state index in [1.165, 1.54) is 48.5 Å². The number of hydrogen-bond donors (Lipinski definition) is 1. The lowest BCUT2D eigenvalue weighted by atomic mass is 10.1. The summed E-state index contributed by atoms with van der Waals surface area (Å²) in [5.74, 6) is 0.896. The minimum atomic E-state index is 0.896. The Bertz CT molecular complexity index is 848. The maximum atomic E-state index is 4.46. The summed E-state index contributed by atoms with van der Waals surface area (Å²) >= 11 is 1.73. The Morgan fingerprint density at radius 1 is 1.00 bits per heavy atom. The van der Waals surface area contributed by atoms with Crippen molar-refractivity contribution in [2.45, 2.75) is 33.1 Å². The van der Waals surface area contributed by atoms with E-state index in [4.69, 9.17) is 0 Å². The molecule has 1 aliphatic rings. The highest BCUT2D eigenvalue weighted by Crippen LogP contribution is 2.34. The molecule has 0 amide bonds. The molecule has 2 aromatic heterocycles. The largest absolute Gasteiger partial charge is 0.372 e. The van der Waals surface area contributed by atoms with Crippen molar-refractivity contribution in [3.05, 3.63) is 41.0 Å². The topological polar surface area (TPSA) is 41.1 Å². The van der Waals surface area contributed by atoms with Gasteiger partial charge in [-0.1, -0.05) is 0 Å². The number of rotatable bonds is 3. The number of aryl methyl sites for hydroxylation is 2. The average molecular weight is 338 g/mol. The lowest BCUT2D eigenvalue weighted by Crippen LogP contribution is -2.29. The first-order valence-electron chi connectivity index (χ1n) is 8.55. The lowest BCUT2D eigenvalue weighted by molar-refractivity contribution is 0.578. The summed E-state index contributed by atoms with van der Waals surface area (Å²) in [7, 11) is 0. The van der Waals surface area contributed by atoms with Gasteiger partial charge in [-0.15, -0.1) is 11.3 Å². The van der Waals surface area contributed by atoms with Gasteiger partial charge in [-0.05, 0) is 62.9 Å². The molecule has 1 aliphatic heterocycles. The Hall–Kier alpha value is -2.14. The first-order chi connectivity index (χ1) is 11.7. The smallest absolute Gasteiger partial charge is 0.142 e. The standard InChI is InChI=1S/C19H22N4S/c1-13-14(2)24-19-17(13)18(20-12-21-19)22-15-6-8-16(9-7-15)23-10-4-3-5-11-23/h6-9,12H,3-5,10-11H2,1-2H3,(H,20,21,22). The van der Waals surface area contributed by atoms with Gasteiger partial charge in [-0.3, -0.25) is 0 Å². The van der Waals surface area contributed by atoms with E-state index >= 15 is 0 Å². The monoisotopic (exact) mass is 338 g/mol. The molecule has 0 atom stereocenters. The zero-order valence-corrected chi connectivity index (χ0v) is 15.0. The molecule has 1 N–H and O–H groups in total. The third kappa shape index (κ3) is 2.84. The summed E-state index contributed by atoms with van der Waals surface area (Å²) in [5, 5.41) is 4.61. The van der Waals surface area contributed by atoms with Crippen molar-refractivity contribution in [1.29, 1.82) is 0 Å². The Kier molecular flexibility index (Phi) is 4.10. The second-order valence-electron chi connectivity index (χ2n) is 6.41. The molecule has 4 rings (SSSR count). The molecule has 0 unspecified atom stereocenters. The number of aromatic nitrogens is 2. The van der Waals surface area contributed by atoms with Gasteiger partial charge < -0.3 is 10.2 Å².